The molecule has 1 atom stereocenters. The quantitative estimate of drug-likeness (QED) is 0.840. The molecule has 2 fully saturated rings. The topological polar surface area (TPSA) is 74.9 Å². The number of aliphatic hydroxyl groups is 1. The molecule has 2 aliphatic rings. The standard InChI is InChI=1S/C17H25N5O2/c23-17(11-18-6-10-24-13-17)12-21-8-4-14(5-9-21)16-20-19-15-3-1-2-7-22(15)16/h1-3,7,14,18,23H,4-6,8-13H2/t17-/m0/s1. The number of rotatable bonds is 3. The monoisotopic (exact) mass is 331 g/mol. The molecule has 2 N–H and O–H groups in total. The second kappa shape index (κ2) is 6.76. The van der Waals surface area contributed by atoms with Crippen molar-refractivity contribution in [2.75, 3.05) is 45.9 Å². The minimum atomic E-state index is -0.787. The molecule has 0 aliphatic carbocycles. The lowest BCUT2D eigenvalue weighted by molar-refractivity contribution is -0.0521. The summed E-state index contributed by atoms with van der Waals surface area (Å²) in [5, 5.41) is 22.7. The van der Waals surface area contributed by atoms with Crippen LogP contribution >= 0.6 is 0 Å². The zero-order valence-electron chi connectivity index (χ0n) is 13.9. The molecule has 7 nitrogen and oxygen atoms in total. The Morgan fingerprint density at radius 3 is 3.04 bits per heavy atom. The van der Waals surface area contributed by atoms with Crippen LogP contribution in [0.5, 0.6) is 0 Å². The van der Waals surface area contributed by atoms with E-state index < -0.39 is 5.60 Å². The van der Waals surface area contributed by atoms with E-state index in [0.29, 0.717) is 32.2 Å². The molecule has 4 heterocycles. The van der Waals surface area contributed by atoms with Crippen molar-refractivity contribution in [1.29, 1.82) is 0 Å². The first-order valence-corrected chi connectivity index (χ1v) is 8.76. The number of nitrogens with one attached hydrogen (secondary N) is 1. The highest BCUT2D eigenvalue weighted by Crippen LogP contribution is 2.27. The molecule has 0 amide bonds. The molecule has 2 aliphatic heterocycles. The van der Waals surface area contributed by atoms with Crippen molar-refractivity contribution in [2.24, 2.45) is 0 Å². The molecule has 24 heavy (non-hydrogen) atoms. The number of piperidine rings is 1. The smallest absolute Gasteiger partial charge is 0.160 e. The Morgan fingerprint density at radius 2 is 2.17 bits per heavy atom. The number of nitrogens with zero attached hydrogens (tertiary/aromatic N) is 4. The van der Waals surface area contributed by atoms with E-state index in [1.165, 1.54) is 0 Å². The van der Waals surface area contributed by atoms with Gasteiger partial charge in [-0.2, -0.15) is 0 Å². The van der Waals surface area contributed by atoms with Crippen molar-refractivity contribution in [3.63, 3.8) is 0 Å². The summed E-state index contributed by atoms with van der Waals surface area (Å²) in [6, 6.07) is 5.99. The summed E-state index contributed by atoms with van der Waals surface area (Å²) in [5.74, 6) is 1.49. The number of hydrogen-bond acceptors (Lipinski definition) is 6. The lowest BCUT2D eigenvalue weighted by Gasteiger charge is -2.37. The lowest BCUT2D eigenvalue weighted by atomic mass is 9.94. The second-order valence-electron chi connectivity index (χ2n) is 6.99. The van der Waals surface area contributed by atoms with E-state index in [1.807, 2.05) is 24.4 Å². The fourth-order valence-electron chi connectivity index (χ4n) is 3.78. The van der Waals surface area contributed by atoms with E-state index in [0.717, 1.165) is 43.9 Å². The Bertz CT molecular complexity index is 672. The van der Waals surface area contributed by atoms with Gasteiger partial charge in [0.2, 0.25) is 0 Å². The molecular formula is C17H25N5O2. The largest absolute Gasteiger partial charge is 0.385 e. The third-order valence-electron chi connectivity index (χ3n) is 5.06. The Hall–Kier alpha value is -1.54. The van der Waals surface area contributed by atoms with Crippen molar-refractivity contribution >= 4 is 5.65 Å². The average Bonchev–Trinajstić information content (AvgIpc) is 2.91. The van der Waals surface area contributed by atoms with Crippen molar-refractivity contribution in [3.05, 3.63) is 30.2 Å². The van der Waals surface area contributed by atoms with Crippen LogP contribution in [0.25, 0.3) is 5.65 Å². The number of β-amino-alcohol motifs (C(OH)–C–C–N with tert-alkyl or cyclic N) is 1. The molecule has 4 rings (SSSR count). The molecule has 2 aromatic heterocycles. The van der Waals surface area contributed by atoms with Crippen LogP contribution in [-0.2, 0) is 4.74 Å². The third-order valence-corrected chi connectivity index (χ3v) is 5.06. The number of fused-ring (bicyclic) bond motifs is 1. The van der Waals surface area contributed by atoms with Gasteiger partial charge in [-0.3, -0.25) is 4.40 Å². The molecule has 2 saturated heterocycles. The minimum Gasteiger partial charge on any atom is -0.385 e. The highest BCUT2D eigenvalue weighted by atomic mass is 16.5. The van der Waals surface area contributed by atoms with Crippen LogP contribution in [0.1, 0.15) is 24.6 Å². The van der Waals surface area contributed by atoms with Gasteiger partial charge in [0, 0.05) is 31.7 Å². The van der Waals surface area contributed by atoms with Crippen LogP contribution in [-0.4, -0.2) is 76.1 Å². The van der Waals surface area contributed by atoms with Crippen molar-refractivity contribution < 1.29 is 9.84 Å². The van der Waals surface area contributed by atoms with Gasteiger partial charge < -0.3 is 20.1 Å². The van der Waals surface area contributed by atoms with Crippen LogP contribution in [0.3, 0.4) is 0 Å². The van der Waals surface area contributed by atoms with Crippen molar-refractivity contribution in [3.8, 4) is 0 Å². The molecule has 0 saturated carbocycles. The van der Waals surface area contributed by atoms with Crippen LogP contribution in [0.15, 0.2) is 24.4 Å². The number of hydrogen-bond donors (Lipinski definition) is 2. The fourth-order valence-corrected chi connectivity index (χ4v) is 3.78. The summed E-state index contributed by atoms with van der Waals surface area (Å²) < 4.78 is 7.61. The first kappa shape index (κ1) is 16.0. The highest BCUT2D eigenvalue weighted by molar-refractivity contribution is 5.37. The van der Waals surface area contributed by atoms with E-state index in [2.05, 4.69) is 24.8 Å². The predicted molar refractivity (Wildman–Crippen MR) is 90.0 cm³/mol. The molecule has 0 spiro atoms. The Morgan fingerprint density at radius 1 is 1.29 bits per heavy atom. The summed E-state index contributed by atoms with van der Waals surface area (Å²) in [6.07, 6.45) is 4.12. The zero-order chi connectivity index (χ0) is 16.4. The van der Waals surface area contributed by atoms with E-state index in [-0.39, 0.29) is 0 Å². The van der Waals surface area contributed by atoms with Gasteiger partial charge in [0.25, 0.3) is 0 Å². The molecular weight excluding hydrogens is 306 g/mol. The van der Waals surface area contributed by atoms with Gasteiger partial charge in [0.1, 0.15) is 11.4 Å². The van der Waals surface area contributed by atoms with Crippen LogP contribution in [0.2, 0.25) is 0 Å². The average molecular weight is 331 g/mol. The van der Waals surface area contributed by atoms with Crippen molar-refractivity contribution in [2.45, 2.75) is 24.4 Å². The summed E-state index contributed by atoms with van der Waals surface area (Å²) in [7, 11) is 0. The molecule has 0 unspecified atom stereocenters. The maximum Gasteiger partial charge on any atom is 0.160 e. The first-order chi connectivity index (χ1) is 11.7. The number of pyridine rings is 1. The van der Waals surface area contributed by atoms with E-state index >= 15 is 0 Å². The normalized spacial score (nSPS) is 27.4. The highest BCUT2D eigenvalue weighted by Gasteiger charge is 2.33. The number of aromatic nitrogens is 3. The second-order valence-corrected chi connectivity index (χ2v) is 6.99. The van der Waals surface area contributed by atoms with Gasteiger partial charge in [-0.15, -0.1) is 10.2 Å². The molecule has 0 radical (unpaired) electrons. The van der Waals surface area contributed by atoms with E-state index in [1.54, 1.807) is 0 Å². The van der Waals surface area contributed by atoms with Gasteiger partial charge in [-0.05, 0) is 38.1 Å². The lowest BCUT2D eigenvalue weighted by Crippen LogP contribution is -2.52. The van der Waals surface area contributed by atoms with E-state index in [9.17, 15) is 5.11 Å². The first-order valence-electron chi connectivity index (χ1n) is 8.76. The number of likely N-dealkylation sites (tertiary alicyclic amines) is 1. The van der Waals surface area contributed by atoms with Crippen LogP contribution < -0.4 is 5.32 Å². The van der Waals surface area contributed by atoms with Gasteiger partial charge in [0.05, 0.1) is 13.2 Å². The SMILES string of the molecule is O[C@]1(CN2CCC(c3nnc4ccccn34)CC2)CNCCOC1. The van der Waals surface area contributed by atoms with Gasteiger partial charge in [-0.1, -0.05) is 6.07 Å². The zero-order valence-corrected chi connectivity index (χ0v) is 13.9. The Kier molecular flexibility index (Phi) is 4.49. The molecule has 2 aromatic rings. The van der Waals surface area contributed by atoms with Crippen LogP contribution in [0, 0.1) is 0 Å². The minimum absolute atomic E-state index is 0.411. The van der Waals surface area contributed by atoms with Crippen molar-refractivity contribution in [1.82, 2.24) is 24.8 Å². The van der Waals surface area contributed by atoms with Gasteiger partial charge >= 0.3 is 0 Å². The Labute approximate surface area is 141 Å². The Balaban J connectivity index is 1.38. The summed E-state index contributed by atoms with van der Waals surface area (Å²) in [5.41, 5.74) is 0.121. The molecule has 0 bridgehead atoms. The molecule has 130 valence electrons. The molecule has 0 aromatic carbocycles. The fraction of sp³-hybridized carbons (Fsp3) is 0.647. The number of ether oxygens (including phenoxy) is 1. The van der Waals surface area contributed by atoms with E-state index in [4.69, 9.17) is 4.74 Å². The van der Waals surface area contributed by atoms with Gasteiger partial charge in [0.15, 0.2) is 5.65 Å². The maximum absolute atomic E-state index is 10.7. The van der Waals surface area contributed by atoms with Crippen LogP contribution in [0.4, 0.5) is 0 Å². The third kappa shape index (κ3) is 3.30. The summed E-state index contributed by atoms with van der Waals surface area (Å²) >= 11 is 0. The predicted octanol–water partition coefficient (Wildman–Crippen LogP) is 0.260. The summed E-state index contributed by atoms with van der Waals surface area (Å²) in [4.78, 5) is 2.34. The molecule has 7 heteroatoms. The summed E-state index contributed by atoms with van der Waals surface area (Å²) in [6.45, 7) is 5.09. The maximum atomic E-state index is 10.7. The van der Waals surface area contributed by atoms with Gasteiger partial charge in [-0.25, -0.2) is 0 Å².